The summed E-state index contributed by atoms with van der Waals surface area (Å²) < 4.78 is 16.2. The minimum absolute atomic E-state index is 0.0800. The number of likely N-dealkylation sites (tertiary alicyclic amines) is 1. The van der Waals surface area contributed by atoms with E-state index in [9.17, 15) is 4.79 Å². The third-order valence-electron chi connectivity index (χ3n) is 5.44. The second-order valence-corrected chi connectivity index (χ2v) is 7.11. The number of piperidine rings is 1. The number of amides is 1. The van der Waals surface area contributed by atoms with Gasteiger partial charge in [0, 0.05) is 19.0 Å². The second kappa shape index (κ2) is 8.03. The molecular weight excluding hydrogens is 370 g/mol. The van der Waals surface area contributed by atoms with Gasteiger partial charge in [0.1, 0.15) is 5.82 Å². The van der Waals surface area contributed by atoms with Gasteiger partial charge in [-0.05, 0) is 37.1 Å². The number of imidazole rings is 1. The number of carbonyl (C=O) groups is 1. The third kappa shape index (κ3) is 3.48. The van der Waals surface area contributed by atoms with Crippen molar-refractivity contribution in [2.75, 3.05) is 34.4 Å². The average Bonchev–Trinajstić information content (AvgIpc) is 3.22. The Morgan fingerprint density at radius 3 is 2.59 bits per heavy atom. The second-order valence-electron chi connectivity index (χ2n) is 7.11. The normalized spacial score (nSPS) is 16.7. The molecule has 7 nitrogen and oxygen atoms in total. The zero-order valence-corrected chi connectivity index (χ0v) is 16.9. The van der Waals surface area contributed by atoms with E-state index in [4.69, 9.17) is 19.2 Å². The molecule has 1 aliphatic rings. The maximum Gasteiger partial charge on any atom is 0.257 e. The quantitative estimate of drug-likeness (QED) is 0.714. The van der Waals surface area contributed by atoms with Crippen LogP contribution in [-0.4, -0.2) is 55.2 Å². The average molecular weight is 395 g/mol. The first-order chi connectivity index (χ1) is 14.2. The molecule has 4 rings (SSSR count). The van der Waals surface area contributed by atoms with Crippen LogP contribution < -0.4 is 14.2 Å². The number of fused-ring (bicyclic) bond motifs is 1. The molecule has 1 aromatic heterocycles. The lowest BCUT2D eigenvalue weighted by atomic mass is 9.96. The number of hydrogen-bond acceptors (Lipinski definition) is 5. The summed E-state index contributed by atoms with van der Waals surface area (Å²) >= 11 is 0. The lowest BCUT2D eigenvalue weighted by molar-refractivity contribution is 0.0700. The van der Waals surface area contributed by atoms with Crippen LogP contribution in [0.25, 0.3) is 11.0 Å². The first-order valence-corrected chi connectivity index (χ1v) is 9.69. The monoisotopic (exact) mass is 395 g/mol. The van der Waals surface area contributed by atoms with E-state index in [0.717, 1.165) is 29.7 Å². The van der Waals surface area contributed by atoms with Crippen molar-refractivity contribution < 1.29 is 19.0 Å². The number of para-hydroxylation sites is 2. The molecule has 1 fully saturated rings. The number of benzene rings is 2. The van der Waals surface area contributed by atoms with Crippen LogP contribution in [0.4, 0.5) is 0 Å². The highest BCUT2D eigenvalue weighted by Gasteiger charge is 2.30. The lowest BCUT2D eigenvalue weighted by Crippen LogP contribution is -2.39. The Morgan fingerprint density at radius 2 is 1.86 bits per heavy atom. The Bertz CT molecular complexity index is 997. The number of hydrogen-bond donors (Lipinski definition) is 1. The molecule has 0 spiro atoms. The van der Waals surface area contributed by atoms with Gasteiger partial charge in [0.05, 0.1) is 37.9 Å². The van der Waals surface area contributed by atoms with E-state index in [-0.39, 0.29) is 11.8 Å². The highest BCUT2D eigenvalue weighted by atomic mass is 16.5. The van der Waals surface area contributed by atoms with Crippen molar-refractivity contribution in [3.8, 4) is 17.2 Å². The molecule has 0 unspecified atom stereocenters. The Balaban J connectivity index is 1.60. The van der Waals surface area contributed by atoms with Gasteiger partial charge in [-0.3, -0.25) is 4.79 Å². The molecule has 1 atom stereocenters. The molecule has 29 heavy (non-hydrogen) atoms. The van der Waals surface area contributed by atoms with Gasteiger partial charge in [0.2, 0.25) is 5.75 Å². The molecule has 3 aromatic rings. The van der Waals surface area contributed by atoms with Gasteiger partial charge in [-0.2, -0.15) is 0 Å². The minimum atomic E-state index is -0.0800. The van der Waals surface area contributed by atoms with E-state index < -0.39 is 0 Å². The number of ether oxygens (including phenoxy) is 3. The van der Waals surface area contributed by atoms with Gasteiger partial charge in [-0.25, -0.2) is 4.98 Å². The van der Waals surface area contributed by atoms with E-state index in [0.29, 0.717) is 35.9 Å². The van der Waals surface area contributed by atoms with Gasteiger partial charge in [0.25, 0.3) is 5.91 Å². The first-order valence-electron chi connectivity index (χ1n) is 9.69. The molecule has 2 heterocycles. The Kier molecular flexibility index (Phi) is 5.29. The molecule has 0 radical (unpaired) electrons. The molecule has 1 amide bonds. The fourth-order valence-corrected chi connectivity index (χ4v) is 3.99. The Hall–Kier alpha value is -3.22. The molecular formula is C22H25N3O4. The number of carbonyl (C=O) groups excluding carboxylic acids is 1. The molecule has 0 aliphatic carbocycles. The molecule has 152 valence electrons. The molecule has 1 N–H and O–H groups in total. The third-order valence-corrected chi connectivity index (χ3v) is 5.44. The first kappa shape index (κ1) is 19.1. The zero-order valence-electron chi connectivity index (χ0n) is 16.9. The standard InChI is InChI=1S/C22H25N3O4/c1-27-18-11-10-15(19(28-2)20(18)29-3)22(26)25-12-6-7-14(13-25)21-23-16-8-4-5-9-17(16)24-21/h4-5,8-11,14H,6-7,12-13H2,1-3H3,(H,23,24)/t14-/m0/s1. The van der Waals surface area contributed by atoms with E-state index in [2.05, 4.69) is 4.98 Å². The number of nitrogens with one attached hydrogen (secondary N) is 1. The van der Waals surface area contributed by atoms with Crippen molar-refractivity contribution in [1.82, 2.24) is 14.9 Å². The van der Waals surface area contributed by atoms with E-state index >= 15 is 0 Å². The Morgan fingerprint density at radius 1 is 1.07 bits per heavy atom. The van der Waals surface area contributed by atoms with E-state index in [1.807, 2.05) is 29.2 Å². The van der Waals surface area contributed by atoms with Gasteiger partial charge < -0.3 is 24.1 Å². The summed E-state index contributed by atoms with van der Waals surface area (Å²) in [6, 6.07) is 11.4. The van der Waals surface area contributed by atoms with Crippen molar-refractivity contribution in [3.05, 3.63) is 47.8 Å². The van der Waals surface area contributed by atoms with Gasteiger partial charge >= 0.3 is 0 Å². The smallest absolute Gasteiger partial charge is 0.257 e. The number of nitrogens with zero attached hydrogens (tertiary/aromatic N) is 2. The van der Waals surface area contributed by atoms with E-state index in [1.165, 1.54) is 14.2 Å². The van der Waals surface area contributed by atoms with Crippen molar-refractivity contribution in [2.24, 2.45) is 0 Å². The number of methoxy groups -OCH3 is 3. The van der Waals surface area contributed by atoms with Gasteiger partial charge in [-0.1, -0.05) is 12.1 Å². The van der Waals surface area contributed by atoms with Crippen LogP contribution in [0.2, 0.25) is 0 Å². The summed E-state index contributed by atoms with van der Waals surface area (Å²) in [6.07, 6.45) is 1.91. The van der Waals surface area contributed by atoms with Crippen molar-refractivity contribution in [2.45, 2.75) is 18.8 Å². The lowest BCUT2D eigenvalue weighted by Gasteiger charge is -2.32. The van der Waals surface area contributed by atoms with E-state index in [1.54, 1.807) is 19.2 Å². The number of aromatic nitrogens is 2. The predicted molar refractivity (Wildman–Crippen MR) is 110 cm³/mol. The molecule has 1 aliphatic heterocycles. The Labute approximate surface area is 169 Å². The van der Waals surface area contributed by atoms with Gasteiger partial charge in [-0.15, -0.1) is 0 Å². The molecule has 0 saturated carbocycles. The summed E-state index contributed by atoms with van der Waals surface area (Å²) in [5.74, 6) is 2.37. The fraction of sp³-hybridized carbons (Fsp3) is 0.364. The highest BCUT2D eigenvalue weighted by molar-refractivity contribution is 5.98. The van der Waals surface area contributed by atoms with Crippen molar-refractivity contribution >= 4 is 16.9 Å². The molecule has 0 bridgehead atoms. The molecule has 7 heteroatoms. The van der Waals surface area contributed by atoms with Crippen molar-refractivity contribution in [1.29, 1.82) is 0 Å². The number of aromatic amines is 1. The molecule has 2 aromatic carbocycles. The summed E-state index contributed by atoms with van der Waals surface area (Å²) in [7, 11) is 4.62. The van der Waals surface area contributed by atoms with Crippen LogP contribution in [0.3, 0.4) is 0 Å². The van der Waals surface area contributed by atoms with Crippen LogP contribution >= 0.6 is 0 Å². The van der Waals surface area contributed by atoms with Crippen molar-refractivity contribution in [3.63, 3.8) is 0 Å². The highest BCUT2D eigenvalue weighted by Crippen LogP contribution is 2.40. The summed E-state index contributed by atoms with van der Waals surface area (Å²) in [4.78, 5) is 23.3. The van der Waals surface area contributed by atoms with Crippen LogP contribution in [0.1, 0.15) is 34.9 Å². The summed E-state index contributed by atoms with van der Waals surface area (Å²) in [5.41, 5.74) is 2.44. The number of H-pyrrole nitrogens is 1. The van der Waals surface area contributed by atoms with Crippen LogP contribution in [0.15, 0.2) is 36.4 Å². The van der Waals surface area contributed by atoms with Crippen LogP contribution in [0, 0.1) is 0 Å². The van der Waals surface area contributed by atoms with Crippen LogP contribution in [0.5, 0.6) is 17.2 Å². The SMILES string of the molecule is COc1ccc(C(=O)N2CCC[C@H](c3nc4ccccc4[nH]3)C2)c(OC)c1OC. The number of rotatable bonds is 5. The maximum atomic E-state index is 13.3. The predicted octanol–water partition coefficient (Wildman–Crippen LogP) is 3.61. The topological polar surface area (TPSA) is 76.7 Å². The summed E-state index contributed by atoms with van der Waals surface area (Å²) in [5, 5.41) is 0. The largest absolute Gasteiger partial charge is 0.493 e. The van der Waals surface area contributed by atoms with Gasteiger partial charge in [0.15, 0.2) is 11.5 Å². The molecule has 1 saturated heterocycles. The fourth-order valence-electron chi connectivity index (χ4n) is 3.99. The minimum Gasteiger partial charge on any atom is -0.493 e. The van der Waals surface area contributed by atoms with Crippen LogP contribution in [-0.2, 0) is 0 Å². The zero-order chi connectivity index (χ0) is 20.4. The summed E-state index contributed by atoms with van der Waals surface area (Å²) in [6.45, 7) is 1.31. The maximum absolute atomic E-state index is 13.3.